The molecule has 9 heteroatoms. The van der Waals surface area contributed by atoms with E-state index >= 15 is 0 Å². The number of sulfonamides is 1. The van der Waals surface area contributed by atoms with Gasteiger partial charge in [-0.15, -0.1) is 0 Å². The number of pyridine rings is 1. The minimum atomic E-state index is -4.46. The van der Waals surface area contributed by atoms with Gasteiger partial charge in [0.05, 0.1) is 23.9 Å². The van der Waals surface area contributed by atoms with Crippen molar-refractivity contribution >= 4 is 10.0 Å². The Morgan fingerprint density at radius 1 is 1.29 bits per heavy atom. The molecular formula is C12H13F3N2O3S. The molecule has 1 aliphatic heterocycles. The van der Waals surface area contributed by atoms with Gasteiger partial charge in [-0.1, -0.05) is 0 Å². The van der Waals surface area contributed by atoms with Gasteiger partial charge in [0.2, 0.25) is 15.9 Å². The number of rotatable bonds is 4. The van der Waals surface area contributed by atoms with Crippen LogP contribution in [0.25, 0.3) is 0 Å². The lowest BCUT2D eigenvalue weighted by Crippen LogP contribution is -2.56. The molecule has 1 saturated carbocycles. The summed E-state index contributed by atoms with van der Waals surface area (Å²) in [5.74, 6) is -0.140. The minimum absolute atomic E-state index is 0.140. The van der Waals surface area contributed by atoms with Crippen LogP contribution in [0.5, 0.6) is 5.88 Å². The van der Waals surface area contributed by atoms with Gasteiger partial charge in [0.15, 0.2) is 0 Å². The summed E-state index contributed by atoms with van der Waals surface area (Å²) in [6.45, 7) is 0.327. The molecule has 1 aliphatic carbocycles. The van der Waals surface area contributed by atoms with E-state index in [9.17, 15) is 21.6 Å². The van der Waals surface area contributed by atoms with Crippen LogP contribution < -0.4 is 4.74 Å². The number of hydrogen-bond acceptors (Lipinski definition) is 4. The summed E-state index contributed by atoms with van der Waals surface area (Å²) in [5, 5.41) is -0.287. The molecule has 3 rings (SSSR count). The van der Waals surface area contributed by atoms with Crippen molar-refractivity contribution in [1.29, 1.82) is 0 Å². The number of hydrogen-bond donors (Lipinski definition) is 0. The highest BCUT2D eigenvalue weighted by Gasteiger charge is 2.46. The molecule has 0 unspecified atom stereocenters. The summed E-state index contributed by atoms with van der Waals surface area (Å²) in [6.07, 6.45) is -2.52. The van der Waals surface area contributed by atoms with E-state index in [2.05, 4.69) is 4.98 Å². The number of alkyl halides is 3. The molecule has 1 aromatic heterocycles. The average Bonchev–Trinajstić information content (AvgIpc) is 3.16. The molecule has 0 atom stereocenters. The van der Waals surface area contributed by atoms with Crippen molar-refractivity contribution in [2.45, 2.75) is 30.4 Å². The van der Waals surface area contributed by atoms with Gasteiger partial charge >= 0.3 is 6.18 Å². The van der Waals surface area contributed by atoms with E-state index in [1.807, 2.05) is 0 Å². The van der Waals surface area contributed by atoms with Gasteiger partial charge in [-0.2, -0.15) is 17.5 Å². The van der Waals surface area contributed by atoms with E-state index in [1.54, 1.807) is 0 Å². The molecule has 0 spiro atoms. The Kier molecular flexibility index (Phi) is 3.36. The van der Waals surface area contributed by atoms with E-state index < -0.39 is 27.9 Å². The van der Waals surface area contributed by atoms with Crippen molar-refractivity contribution in [3.05, 3.63) is 23.9 Å². The first-order valence-electron chi connectivity index (χ1n) is 6.45. The van der Waals surface area contributed by atoms with Gasteiger partial charge in [0, 0.05) is 12.3 Å². The second kappa shape index (κ2) is 4.84. The number of nitrogens with zero attached hydrogens (tertiary/aromatic N) is 2. The van der Waals surface area contributed by atoms with Gasteiger partial charge in [0.1, 0.15) is 6.10 Å². The Balaban J connectivity index is 1.60. The van der Waals surface area contributed by atoms with Crippen molar-refractivity contribution in [1.82, 2.24) is 9.29 Å². The van der Waals surface area contributed by atoms with Crippen LogP contribution in [0.4, 0.5) is 13.2 Å². The molecule has 2 heterocycles. The van der Waals surface area contributed by atoms with Crippen molar-refractivity contribution in [2.75, 3.05) is 13.1 Å². The highest BCUT2D eigenvalue weighted by molar-refractivity contribution is 7.90. The zero-order valence-corrected chi connectivity index (χ0v) is 11.7. The SMILES string of the molecule is O=S(=O)(C1CC1)N1CC(Oc2cc(C(F)(F)F)ccn2)C1. The average molecular weight is 322 g/mol. The van der Waals surface area contributed by atoms with Crippen molar-refractivity contribution in [3.8, 4) is 5.88 Å². The van der Waals surface area contributed by atoms with Crippen molar-refractivity contribution in [2.24, 2.45) is 0 Å². The monoisotopic (exact) mass is 322 g/mol. The molecule has 1 aromatic rings. The summed E-state index contributed by atoms with van der Waals surface area (Å²) in [5.41, 5.74) is -0.839. The van der Waals surface area contributed by atoms with Crippen LogP contribution in [0.1, 0.15) is 18.4 Å². The van der Waals surface area contributed by atoms with Gasteiger partial charge in [-0.25, -0.2) is 13.4 Å². The summed E-state index contributed by atoms with van der Waals surface area (Å²) in [4.78, 5) is 3.72. The van der Waals surface area contributed by atoms with E-state index in [0.717, 1.165) is 18.3 Å². The highest BCUT2D eigenvalue weighted by Crippen LogP contribution is 2.34. The highest BCUT2D eigenvalue weighted by atomic mass is 32.2. The summed E-state index contributed by atoms with van der Waals surface area (Å²) < 4.78 is 68.0. The Morgan fingerprint density at radius 2 is 1.95 bits per heavy atom. The maximum absolute atomic E-state index is 12.5. The normalized spacial score (nSPS) is 21.1. The molecule has 0 bridgehead atoms. The molecule has 2 fully saturated rings. The Labute approximate surface area is 119 Å². The van der Waals surface area contributed by atoms with E-state index in [0.29, 0.717) is 12.8 Å². The number of aromatic nitrogens is 1. The van der Waals surface area contributed by atoms with E-state index in [4.69, 9.17) is 4.74 Å². The lowest BCUT2D eigenvalue weighted by molar-refractivity contribution is -0.137. The van der Waals surface area contributed by atoms with Crippen LogP contribution in [-0.2, 0) is 16.2 Å². The summed E-state index contributed by atoms with van der Waals surface area (Å²) >= 11 is 0. The van der Waals surface area contributed by atoms with Crippen LogP contribution in [0.15, 0.2) is 18.3 Å². The smallest absolute Gasteiger partial charge is 0.416 e. The predicted molar refractivity (Wildman–Crippen MR) is 67.2 cm³/mol. The third-order valence-corrected chi connectivity index (χ3v) is 5.80. The van der Waals surface area contributed by atoms with Crippen LogP contribution in [0.2, 0.25) is 0 Å². The number of halogens is 3. The molecule has 2 aliphatic rings. The zero-order chi connectivity index (χ0) is 15.3. The predicted octanol–water partition coefficient (Wildman–Crippen LogP) is 1.66. The molecule has 5 nitrogen and oxygen atoms in total. The lowest BCUT2D eigenvalue weighted by Gasteiger charge is -2.37. The Hall–Kier alpha value is -1.35. The second-order valence-electron chi connectivity index (χ2n) is 5.18. The molecule has 1 saturated heterocycles. The van der Waals surface area contributed by atoms with E-state index in [-0.39, 0.29) is 24.2 Å². The van der Waals surface area contributed by atoms with Gasteiger partial charge in [-0.05, 0) is 18.9 Å². The maximum atomic E-state index is 12.5. The standard InChI is InChI=1S/C12H13F3N2O3S/c13-12(14,15)8-3-4-16-11(5-8)20-9-6-17(7-9)21(18,19)10-1-2-10/h3-5,9-10H,1-2,6-7H2. The lowest BCUT2D eigenvalue weighted by atomic mass is 10.2. The summed E-state index contributed by atoms with van der Waals surface area (Å²) in [6, 6.07) is 1.68. The zero-order valence-electron chi connectivity index (χ0n) is 10.9. The molecule has 0 aromatic carbocycles. The molecule has 0 N–H and O–H groups in total. The fourth-order valence-electron chi connectivity index (χ4n) is 2.08. The topological polar surface area (TPSA) is 59.5 Å². The molecule has 116 valence electrons. The van der Waals surface area contributed by atoms with Gasteiger partial charge in [0.25, 0.3) is 0 Å². The number of ether oxygens (including phenoxy) is 1. The Morgan fingerprint density at radius 3 is 2.52 bits per heavy atom. The Bertz CT molecular complexity index is 637. The quantitative estimate of drug-likeness (QED) is 0.846. The largest absolute Gasteiger partial charge is 0.472 e. The minimum Gasteiger partial charge on any atom is -0.472 e. The maximum Gasteiger partial charge on any atom is 0.416 e. The second-order valence-corrected chi connectivity index (χ2v) is 7.39. The van der Waals surface area contributed by atoms with Gasteiger partial charge in [-0.3, -0.25) is 0 Å². The fourth-order valence-corrected chi connectivity index (χ4v) is 3.98. The van der Waals surface area contributed by atoms with Crippen LogP contribution >= 0.6 is 0 Å². The van der Waals surface area contributed by atoms with E-state index in [1.165, 1.54) is 4.31 Å². The first-order chi connectivity index (χ1) is 9.77. The first-order valence-corrected chi connectivity index (χ1v) is 7.96. The molecule has 21 heavy (non-hydrogen) atoms. The molecular weight excluding hydrogens is 309 g/mol. The van der Waals surface area contributed by atoms with Crippen molar-refractivity contribution < 1.29 is 26.3 Å². The van der Waals surface area contributed by atoms with Crippen molar-refractivity contribution in [3.63, 3.8) is 0 Å². The fraction of sp³-hybridized carbons (Fsp3) is 0.583. The molecule has 0 amide bonds. The third kappa shape index (κ3) is 2.98. The van der Waals surface area contributed by atoms with Gasteiger partial charge < -0.3 is 4.74 Å². The van der Waals surface area contributed by atoms with Crippen LogP contribution in [0, 0.1) is 0 Å². The van der Waals surface area contributed by atoms with Crippen LogP contribution in [0.3, 0.4) is 0 Å². The first kappa shape index (κ1) is 14.6. The van der Waals surface area contributed by atoms with Crippen LogP contribution in [-0.4, -0.2) is 42.2 Å². The molecule has 0 radical (unpaired) electrons. The third-order valence-electron chi connectivity index (χ3n) is 3.47. The summed E-state index contributed by atoms with van der Waals surface area (Å²) in [7, 11) is -3.23.